The average Bonchev–Trinajstić information content (AvgIpc) is 2.35. The third-order valence-electron chi connectivity index (χ3n) is 3.28. The maximum Gasteiger partial charge on any atom is 0.134 e. The van der Waals surface area contributed by atoms with Crippen LogP contribution in [-0.2, 0) is 9.53 Å². The molecule has 1 heterocycles. The predicted molar refractivity (Wildman–Crippen MR) is 70.2 cm³/mol. The third-order valence-corrected chi connectivity index (χ3v) is 3.28. The SMILES string of the molecule is CCCCCCCCC(=O)CC1COCCN1. The predicted octanol–water partition coefficient (Wildman–Crippen LogP) is 2.68. The Bertz CT molecular complexity index is 200. The van der Waals surface area contributed by atoms with Gasteiger partial charge in [0.25, 0.3) is 0 Å². The summed E-state index contributed by atoms with van der Waals surface area (Å²) < 4.78 is 5.34. The second kappa shape index (κ2) is 9.60. The molecule has 1 aliphatic heterocycles. The first-order valence-corrected chi connectivity index (χ1v) is 7.15. The van der Waals surface area contributed by atoms with Crippen LogP contribution in [0.2, 0.25) is 0 Å². The van der Waals surface area contributed by atoms with Gasteiger partial charge in [0.05, 0.1) is 13.2 Å². The highest BCUT2D eigenvalue weighted by Gasteiger charge is 2.16. The molecular formula is C14H27NO2. The van der Waals surface area contributed by atoms with Crippen molar-refractivity contribution >= 4 is 5.78 Å². The maximum atomic E-state index is 11.7. The topological polar surface area (TPSA) is 38.3 Å². The standard InChI is InChI=1S/C14H27NO2/c1-2-3-4-5-6-7-8-14(16)11-13-12-17-10-9-15-13/h13,15H,2-12H2,1H3. The van der Waals surface area contributed by atoms with Gasteiger partial charge in [-0.25, -0.2) is 0 Å². The molecule has 3 nitrogen and oxygen atoms in total. The van der Waals surface area contributed by atoms with Gasteiger partial charge in [0.2, 0.25) is 0 Å². The largest absolute Gasteiger partial charge is 0.379 e. The summed E-state index contributed by atoms with van der Waals surface area (Å²) in [5, 5.41) is 3.32. The van der Waals surface area contributed by atoms with E-state index in [1.54, 1.807) is 0 Å². The van der Waals surface area contributed by atoms with E-state index in [1.165, 1.54) is 32.1 Å². The molecule has 0 aliphatic carbocycles. The maximum absolute atomic E-state index is 11.7. The Morgan fingerprint density at radius 1 is 1.24 bits per heavy atom. The fourth-order valence-electron chi connectivity index (χ4n) is 2.23. The van der Waals surface area contributed by atoms with Crippen molar-refractivity contribution in [3.05, 3.63) is 0 Å². The summed E-state index contributed by atoms with van der Waals surface area (Å²) >= 11 is 0. The monoisotopic (exact) mass is 241 g/mol. The van der Waals surface area contributed by atoms with Crippen molar-refractivity contribution in [3.63, 3.8) is 0 Å². The highest BCUT2D eigenvalue weighted by molar-refractivity contribution is 5.78. The summed E-state index contributed by atoms with van der Waals surface area (Å²) in [7, 11) is 0. The molecule has 0 amide bonds. The first kappa shape index (κ1) is 14.7. The van der Waals surface area contributed by atoms with Gasteiger partial charge in [-0.05, 0) is 6.42 Å². The third kappa shape index (κ3) is 7.50. The molecule has 1 fully saturated rings. The molecule has 0 aromatic carbocycles. The Kier molecular flexibility index (Phi) is 8.28. The van der Waals surface area contributed by atoms with Gasteiger partial charge in [-0.1, -0.05) is 39.0 Å². The summed E-state index contributed by atoms with van der Waals surface area (Å²) in [6.07, 6.45) is 8.90. The highest BCUT2D eigenvalue weighted by atomic mass is 16.5. The van der Waals surface area contributed by atoms with Crippen LogP contribution in [0, 0.1) is 0 Å². The van der Waals surface area contributed by atoms with Crippen molar-refractivity contribution in [2.75, 3.05) is 19.8 Å². The lowest BCUT2D eigenvalue weighted by molar-refractivity contribution is -0.120. The normalized spacial score (nSPS) is 20.4. The Morgan fingerprint density at radius 2 is 2.00 bits per heavy atom. The smallest absolute Gasteiger partial charge is 0.134 e. The molecule has 17 heavy (non-hydrogen) atoms. The lowest BCUT2D eigenvalue weighted by Crippen LogP contribution is -2.42. The van der Waals surface area contributed by atoms with Crippen molar-refractivity contribution < 1.29 is 9.53 Å². The zero-order valence-electron chi connectivity index (χ0n) is 11.2. The number of ether oxygens (including phenoxy) is 1. The minimum absolute atomic E-state index is 0.261. The van der Waals surface area contributed by atoms with Crippen LogP contribution in [0.4, 0.5) is 0 Å². The fourth-order valence-corrected chi connectivity index (χ4v) is 2.23. The number of Topliss-reactive ketones (excluding diaryl/α,β-unsaturated/α-hetero) is 1. The molecule has 1 saturated heterocycles. The van der Waals surface area contributed by atoms with Crippen LogP contribution in [0.3, 0.4) is 0 Å². The second-order valence-electron chi connectivity index (χ2n) is 4.99. The van der Waals surface area contributed by atoms with Crippen LogP contribution in [0.5, 0.6) is 0 Å². The van der Waals surface area contributed by atoms with Gasteiger partial charge in [0.15, 0.2) is 0 Å². The van der Waals surface area contributed by atoms with Crippen molar-refractivity contribution in [1.29, 1.82) is 0 Å². The minimum atomic E-state index is 0.261. The number of hydrogen-bond donors (Lipinski definition) is 1. The van der Waals surface area contributed by atoms with Crippen LogP contribution in [0.1, 0.15) is 58.3 Å². The van der Waals surface area contributed by atoms with Gasteiger partial charge in [0, 0.05) is 25.4 Å². The molecule has 100 valence electrons. The molecule has 0 aromatic rings. The minimum Gasteiger partial charge on any atom is -0.379 e. The van der Waals surface area contributed by atoms with Gasteiger partial charge >= 0.3 is 0 Å². The van der Waals surface area contributed by atoms with Crippen LogP contribution < -0.4 is 5.32 Å². The van der Waals surface area contributed by atoms with E-state index in [1.807, 2.05) is 0 Å². The molecule has 1 atom stereocenters. The number of hydrogen-bond acceptors (Lipinski definition) is 3. The van der Waals surface area contributed by atoms with Gasteiger partial charge in [-0.2, -0.15) is 0 Å². The summed E-state index contributed by atoms with van der Waals surface area (Å²) in [4.78, 5) is 11.7. The molecular weight excluding hydrogens is 214 g/mol. The molecule has 1 rings (SSSR count). The van der Waals surface area contributed by atoms with Crippen LogP contribution >= 0.6 is 0 Å². The molecule has 1 aliphatic rings. The van der Waals surface area contributed by atoms with Crippen LogP contribution in [0.25, 0.3) is 0 Å². The quantitative estimate of drug-likeness (QED) is 0.631. The lowest BCUT2D eigenvalue weighted by Gasteiger charge is -2.23. The second-order valence-corrected chi connectivity index (χ2v) is 4.99. The number of carbonyl (C=O) groups is 1. The van der Waals surface area contributed by atoms with E-state index in [2.05, 4.69) is 12.2 Å². The van der Waals surface area contributed by atoms with E-state index in [4.69, 9.17) is 4.74 Å². The van der Waals surface area contributed by atoms with Gasteiger partial charge in [-0.15, -0.1) is 0 Å². The summed E-state index contributed by atoms with van der Waals surface area (Å²) in [5.41, 5.74) is 0. The molecule has 3 heteroatoms. The molecule has 0 aromatic heterocycles. The highest BCUT2D eigenvalue weighted by Crippen LogP contribution is 2.09. The number of ketones is 1. The summed E-state index contributed by atoms with van der Waals surface area (Å²) in [5.74, 6) is 0.392. The van der Waals surface area contributed by atoms with E-state index in [9.17, 15) is 4.79 Å². The average molecular weight is 241 g/mol. The van der Waals surface area contributed by atoms with Crippen molar-refractivity contribution in [2.45, 2.75) is 64.3 Å². The van der Waals surface area contributed by atoms with Crippen molar-refractivity contribution in [1.82, 2.24) is 5.32 Å². The Hall–Kier alpha value is -0.410. The number of morpholine rings is 1. The van der Waals surface area contributed by atoms with E-state index < -0.39 is 0 Å². The number of carbonyl (C=O) groups excluding carboxylic acids is 1. The van der Waals surface area contributed by atoms with E-state index in [0.29, 0.717) is 18.8 Å². The summed E-state index contributed by atoms with van der Waals surface area (Å²) in [6, 6.07) is 0.261. The first-order valence-electron chi connectivity index (χ1n) is 7.15. The fraction of sp³-hybridized carbons (Fsp3) is 0.929. The molecule has 0 spiro atoms. The molecule has 1 N–H and O–H groups in total. The summed E-state index contributed by atoms with van der Waals surface area (Å²) in [6.45, 7) is 4.59. The Balaban J connectivity index is 1.93. The number of nitrogens with one attached hydrogen (secondary N) is 1. The van der Waals surface area contributed by atoms with Crippen LogP contribution in [-0.4, -0.2) is 31.6 Å². The molecule has 0 bridgehead atoms. The number of unbranched alkanes of at least 4 members (excludes halogenated alkanes) is 5. The Morgan fingerprint density at radius 3 is 2.71 bits per heavy atom. The van der Waals surface area contributed by atoms with Crippen molar-refractivity contribution in [3.8, 4) is 0 Å². The molecule has 0 radical (unpaired) electrons. The van der Waals surface area contributed by atoms with E-state index in [-0.39, 0.29) is 6.04 Å². The number of rotatable bonds is 9. The molecule has 1 unspecified atom stereocenters. The van der Waals surface area contributed by atoms with Crippen molar-refractivity contribution in [2.24, 2.45) is 0 Å². The van der Waals surface area contributed by atoms with Crippen LogP contribution in [0.15, 0.2) is 0 Å². The molecule has 0 saturated carbocycles. The zero-order chi connectivity index (χ0) is 12.3. The van der Waals surface area contributed by atoms with E-state index >= 15 is 0 Å². The Labute approximate surface area is 105 Å². The van der Waals surface area contributed by atoms with Gasteiger partial charge in [-0.3, -0.25) is 4.79 Å². The van der Waals surface area contributed by atoms with E-state index in [0.717, 1.165) is 26.0 Å². The van der Waals surface area contributed by atoms with Gasteiger partial charge in [0.1, 0.15) is 5.78 Å². The van der Waals surface area contributed by atoms with Gasteiger partial charge < -0.3 is 10.1 Å². The zero-order valence-corrected chi connectivity index (χ0v) is 11.2. The lowest BCUT2D eigenvalue weighted by atomic mass is 10.0. The first-order chi connectivity index (χ1) is 8.33.